The first-order valence-electron chi connectivity index (χ1n) is 15.6. The maximum Gasteiger partial charge on any atom is 0.320 e. The highest BCUT2D eigenvalue weighted by molar-refractivity contribution is 5.87. The Balaban J connectivity index is 1.15. The highest BCUT2D eigenvalue weighted by Gasteiger charge is 2.35. The van der Waals surface area contributed by atoms with Gasteiger partial charge in [-0.25, -0.2) is 19.7 Å². The van der Waals surface area contributed by atoms with Crippen LogP contribution in [-0.4, -0.2) is 84.9 Å². The van der Waals surface area contributed by atoms with Crippen LogP contribution < -0.4 is 5.73 Å². The molecule has 10 heteroatoms. The number of urea groups is 1. The summed E-state index contributed by atoms with van der Waals surface area (Å²) in [5.74, 6) is 1.22. The van der Waals surface area contributed by atoms with Gasteiger partial charge in [0.05, 0.1) is 11.3 Å². The Labute approximate surface area is 267 Å². The summed E-state index contributed by atoms with van der Waals surface area (Å²) >= 11 is 0. The van der Waals surface area contributed by atoms with Crippen molar-refractivity contribution in [2.75, 3.05) is 38.5 Å². The SMILES string of the molecule is C=CC(=O)N1CCN(C(=O)N2CCC(c3ccc(-n4c(-c5cccnc5N)nc5ccc(-c6ccccc6)nc54)cc3)C2)[C@H](C)C1. The van der Waals surface area contributed by atoms with Crippen molar-refractivity contribution in [3.63, 3.8) is 0 Å². The van der Waals surface area contributed by atoms with Crippen molar-refractivity contribution in [1.29, 1.82) is 0 Å². The molecule has 0 spiro atoms. The third-order valence-electron chi connectivity index (χ3n) is 9.09. The average Bonchev–Trinajstić information content (AvgIpc) is 3.74. The van der Waals surface area contributed by atoms with Crippen molar-refractivity contribution >= 4 is 28.9 Å². The lowest BCUT2D eigenvalue weighted by atomic mass is 9.98. The second-order valence-corrected chi connectivity index (χ2v) is 11.9. The van der Waals surface area contributed by atoms with E-state index >= 15 is 0 Å². The molecule has 7 rings (SSSR count). The minimum Gasteiger partial charge on any atom is -0.383 e. The largest absolute Gasteiger partial charge is 0.383 e. The van der Waals surface area contributed by atoms with Gasteiger partial charge in [-0.05, 0) is 61.4 Å². The van der Waals surface area contributed by atoms with E-state index < -0.39 is 0 Å². The van der Waals surface area contributed by atoms with Gasteiger partial charge in [-0.2, -0.15) is 0 Å². The molecule has 46 heavy (non-hydrogen) atoms. The Morgan fingerprint density at radius 2 is 1.70 bits per heavy atom. The molecule has 232 valence electrons. The molecule has 0 saturated carbocycles. The van der Waals surface area contributed by atoms with E-state index in [1.54, 1.807) is 11.1 Å². The van der Waals surface area contributed by atoms with Crippen LogP contribution in [0.25, 0.3) is 39.5 Å². The molecule has 3 aromatic heterocycles. The van der Waals surface area contributed by atoms with Gasteiger partial charge in [-0.3, -0.25) is 9.36 Å². The predicted molar refractivity (Wildman–Crippen MR) is 179 cm³/mol. The minimum atomic E-state index is -0.0873. The second-order valence-electron chi connectivity index (χ2n) is 11.9. The van der Waals surface area contributed by atoms with Crippen LogP contribution >= 0.6 is 0 Å². The number of imidazole rings is 1. The van der Waals surface area contributed by atoms with Crippen molar-refractivity contribution in [1.82, 2.24) is 34.2 Å². The van der Waals surface area contributed by atoms with Gasteiger partial charge in [0.25, 0.3) is 0 Å². The number of fused-ring (bicyclic) bond motifs is 1. The van der Waals surface area contributed by atoms with E-state index in [2.05, 4.69) is 35.8 Å². The van der Waals surface area contributed by atoms with E-state index in [0.29, 0.717) is 44.4 Å². The van der Waals surface area contributed by atoms with Crippen molar-refractivity contribution in [3.8, 4) is 28.3 Å². The van der Waals surface area contributed by atoms with Crippen LogP contribution in [0.2, 0.25) is 0 Å². The third-order valence-corrected chi connectivity index (χ3v) is 9.09. The number of nitrogens with zero attached hydrogens (tertiary/aromatic N) is 7. The van der Waals surface area contributed by atoms with Gasteiger partial charge >= 0.3 is 6.03 Å². The first-order valence-corrected chi connectivity index (χ1v) is 15.6. The molecule has 5 heterocycles. The highest BCUT2D eigenvalue weighted by Crippen LogP contribution is 2.34. The summed E-state index contributed by atoms with van der Waals surface area (Å²) in [4.78, 5) is 45.5. The maximum atomic E-state index is 13.5. The number of likely N-dealkylation sites (tertiary alicyclic amines) is 1. The Kier molecular flexibility index (Phi) is 7.69. The van der Waals surface area contributed by atoms with Crippen LogP contribution in [0.15, 0.2) is 97.7 Å². The molecule has 2 saturated heterocycles. The summed E-state index contributed by atoms with van der Waals surface area (Å²) in [5.41, 5.74) is 12.5. The zero-order valence-electron chi connectivity index (χ0n) is 25.8. The second kappa shape index (κ2) is 12.1. The molecule has 2 aliphatic heterocycles. The molecular weight excluding hydrogens is 576 g/mol. The van der Waals surface area contributed by atoms with Gasteiger partial charge in [0.2, 0.25) is 5.91 Å². The van der Waals surface area contributed by atoms with Crippen LogP contribution in [0.1, 0.15) is 24.8 Å². The van der Waals surface area contributed by atoms with Gasteiger partial charge in [0.15, 0.2) is 11.5 Å². The van der Waals surface area contributed by atoms with E-state index in [1.165, 1.54) is 11.6 Å². The maximum absolute atomic E-state index is 13.5. The fourth-order valence-electron chi connectivity index (χ4n) is 6.61. The number of hydrogen-bond donors (Lipinski definition) is 1. The van der Waals surface area contributed by atoms with Crippen molar-refractivity contribution in [3.05, 3.63) is 103 Å². The van der Waals surface area contributed by atoms with E-state index in [1.807, 2.05) is 75.9 Å². The number of anilines is 1. The van der Waals surface area contributed by atoms with Gasteiger partial charge in [0, 0.05) is 62.1 Å². The molecule has 2 aliphatic rings. The molecular formula is C36H36N8O2. The van der Waals surface area contributed by atoms with Crippen molar-refractivity contribution in [2.24, 2.45) is 0 Å². The van der Waals surface area contributed by atoms with Crippen molar-refractivity contribution < 1.29 is 9.59 Å². The zero-order chi connectivity index (χ0) is 31.8. The lowest BCUT2D eigenvalue weighted by Gasteiger charge is -2.41. The molecule has 2 aromatic carbocycles. The molecule has 2 fully saturated rings. The summed E-state index contributed by atoms with van der Waals surface area (Å²) < 4.78 is 2.04. The lowest BCUT2D eigenvalue weighted by molar-refractivity contribution is -0.128. The first kappa shape index (κ1) is 29.2. The fourth-order valence-corrected chi connectivity index (χ4v) is 6.61. The highest BCUT2D eigenvalue weighted by atomic mass is 16.2. The molecule has 1 unspecified atom stereocenters. The summed E-state index contributed by atoms with van der Waals surface area (Å²) in [6.07, 6.45) is 3.90. The average molecular weight is 613 g/mol. The number of aromatic nitrogens is 4. The Morgan fingerprint density at radius 3 is 2.43 bits per heavy atom. The van der Waals surface area contributed by atoms with Crippen molar-refractivity contribution in [2.45, 2.75) is 25.3 Å². The topological polar surface area (TPSA) is 113 Å². The molecule has 2 N–H and O–H groups in total. The molecule has 0 radical (unpaired) electrons. The minimum absolute atomic E-state index is 0.0428. The number of rotatable bonds is 5. The molecule has 0 bridgehead atoms. The van der Waals surface area contributed by atoms with E-state index in [0.717, 1.165) is 40.1 Å². The monoisotopic (exact) mass is 612 g/mol. The number of carbonyl (C=O) groups excluding carboxylic acids is 2. The number of hydrogen-bond acceptors (Lipinski definition) is 6. The van der Waals surface area contributed by atoms with Crippen LogP contribution in [-0.2, 0) is 4.79 Å². The van der Waals surface area contributed by atoms with E-state index in [-0.39, 0.29) is 23.9 Å². The Morgan fingerprint density at radius 1 is 0.891 bits per heavy atom. The number of carbonyl (C=O) groups is 2. The van der Waals surface area contributed by atoms with Crippen LogP contribution in [0.4, 0.5) is 10.6 Å². The lowest BCUT2D eigenvalue weighted by Crippen LogP contribution is -2.57. The van der Waals surface area contributed by atoms with E-state index in [9.17, 15) is 9.59 Å². The number of nitrogens with two attached hydrogens (primary N) is 1. The molecule has 0 aliphatic carbocycles. The Hall–Kier alpha value is -5.51. The van der Waals surface area contributed by atoms with Gasteiger partial charge in [-0.1, -0.05) is 49.0 Å². The summed E-state index contributed by atoms with van der Waals surface area (Å²) in [6, 6.07) is 26.3. The summed E-state index contributed by atoms with van der Waals surface area (Å²) in [6.45, 7) is 8.52. The molecule has 5 aromatic rings. The number of nitrogen functional groups attached to an aromatic ring is 1. The number of benzene rings is 2. The van der Waals surface area contributed by atoms with Crippen LogP contribution in [0, 0.1) is 0 Å². The van der Waals surface area contributed by atoms with Gasteiger partial charge < -0.3 is 20.4 Å². The molecule has 3 amide bonds. The van der Waals surface area contributed by atoms with Gasteiger partial charge in [0.1, 0.15) is 11.3 Å². The zero-order valence-corrected chi connectivity index (χ0v) is 25.8. The predicted octanol–water partition coefficient (Wildman–Crippen LogP) is 5.36. The summed E-state index contributed by atoms with van der Waals surface area (Å²) in [5, 5.41) is 0. The van der Waals surface area contributed by atoms with E-state index in [4.69, 9.17) is 15.7 Å². The molecule has 2 atom stereocenters. The Bertz CT molecular complexity index is 1920. The molecule has 10 nitrogen and oxygen atoms in total. The normalized spacial score (nSPS) is 18.2. The fraction of sp³-hybridized carbons (Fsp3) is 0.250. The van der Waals surface area contributed by atoms with Crippen LogP contribution in [0.5, 0.6) is 0 Å². The summed E-state index contributed by atoms with van der Waals surface area (Å²) in [7, 11) is 0. The third kappa shape index (κ3) is 5.36. The number of amides is 3. The quantitative estimate of drug-likeness (QED) is 0.268. The number of piperazine rings is 1. The first-order chi connectivity index (χ1) is 22.4. The van der Waals surface area contributed by atoms with Crippen LogP contribution in [0.3, 0.4) is 0 Å². The number of pyridine rings is 2. The van der Waals surface area contributed by atoms with Gasteiger partial charge in [-0.15, -0.1) is 0 Å². The standard InChI is InChI=1S/C36H36N8O2/c1-3-32(45)41-20-21-43(24(2)22-41)36(46)42-19-17-27(23-42)25-11-13-28(14-12-25)44-34(29-10-7-18-38-33(29)37)40-31-16-15-30(39-35(31)44)26-8-5-4-6-9-26/h3-16,18,24,27H,1,17,19-23H2,2H3,(H2,37,38)/t24-,27?/m1/s1. The smallest absolute Gasteiger partial charge is 0.320 e.